The van der Waals surface area contributed by atoms with Crippen molar-refractivity contribution in [2.75, 3.05) is 20.3 Å². The van der Waals surface area contributed by atoms with Crippen LogP contribution in [0.5, 0.6) is 0 Å². The van der Waals surface area contributed by atoms with Gasteiger partial charge in [-0.3, -0.25) is 0 Å². The van der Waals surface area contributed by atoms with E-state index in [1.807, 2.05) is 19.9 Å². The molecule has 1 aromatic rings. The molecule has 0 aliphatic carbocycles. The van der Waals surface area contributed by atoms with Gasteiger partial charge in [0.05, 0.1) is 12.3 Å². The quantitative estimate of drug-likeness (QED) is 0.707. The van der Waals surface area contributed by atoms with Gasteiger partial charge in [0.25, 0.3) is 0 Å². The molecule has 0 spiro atoms. The molecule has 4 nitrogen and oxygen atoms in total. The van der Waals surface area contributed by atoms with Crippen LogP contribution in [0.2, 0.25) is 0 Å². The molecule has 0 aliphatic heterocycles. The van der Waals surface area contributed by atoms with E-state index in [4.69, 9.17) is 4.74 Å². The normalized spacial score (nSPS) is 10.5. The Morgan fingerprint density at radius 1 is 1.36 bits per heavy atom. The summed E-state index contributed by atoms with van der Waals surface area (Å²) in [5, 5.41) is 3.24. The maximum absolute atomic E-state index is 4.93. The van der Waals surface area contributed by atoms with Gasteiger partial charge in [0.1, 0.15) is 5.82 Å². The van der Waals surface area contributed by atoms with E-state index in [-0.39, 0.29) is 0 Å². The van der Waals surface area contributed by atoms with Crippen molar-refractivity contribution >= 4 is 0 Å². The molecule has 0 bridgehead atoms. The van der Waals surface area contributed by atoms with E-state index in [1.165, 1.54) is 0 Å². The zero-order valence-corrected chi connectivity index (χ0v) is 9.00. The van der Waals surface area contributed by atoms with Crippen LogP contribution in [0.15, 0.2) is 6.07 Å². The first-order chi connectivity index (χ1) is 6.72. The zero-order chi connectivity index (χ0) is 10.4. The van der Waals surface area contributed by atoms with Gasteiger partial charge in [-0.05, 0) is 19.9 Å². The molecule has 0 aromatic carbocycles. The molecule has 14 heavy (non-hydrogen) atoms. The number of methoxy groups -OCH3 is 1. The zero-order valence-electron chi connectivity index (χ0n) is 9.00. The Balaban J connectivity index is 2.42. The van der Waals surface area contributed by atoms with E-state index < -0.39 is 0 Å². The number of aryl methyl sites for hydroxylation is 2. The molecular formula is C10H17N3O. The number of hydrogen-bond donors (Lipinski definition) is 1. The van der Waals surface area contributed by atoms with E-state index in [9.17, 15) is 0 Å². The highest BCUT2D eigenvalue weighted by Crippen LogP contribution is 1.99. The van der Waals surface area contributed by atoms with Gasteiger partial charge in [-0.25, -0.2) is 9.97 Å². The molecule has 1 rings (SSSR count). The van der Waals surface area contributed by atoms with Gasteiger partial charge >= 0.3 is 0 Å². The van der Waals surface area contributed by atoms with Crippen molar-refractivity contribution in [3.05, 3.63) is 23.3 Å². The third kappa shape index (κ3) is 3.81. The van der Waals surface area contributed by atoms with Crippen molar-refractivity contribution in [2.24, 2.45) is 0 Å². The number of nitrogens with one attached hydrogen (secondary N) is 1. The minimum absolute atomic E-state index is 0.725. The largest absolute Gasteiger partial charge is 0.383 e. The molecule has 0 saturated heterocycles. The maximum atomic E-state index is 4.93. The van der Waals surface area contributed by atoms with Gasteiger partial charge in [-0.2, -0.15) is 0 Å². The molecule has 78 valence electrons. The van der Waals surface area contributed by atoms with Crippen molar-refractivity contribution in [3.8, 4) is 0 Å². The van der Waals surface area contributed by atoms with Crippen molar-refractivity contribution < 1.29 is 4.74 Å². The Bertz CT molecular complexity index is 268. The van der Waals surface area contributed by atoms with Crippen LogP contribution in [-0.4, -0.2) is 30.2 Å². The van der Waals surface area contributed by atoms with Crippen LogP contribution in [-0.2, 0) is 11.3 Å². The molecule has 0 radical (unpaired) electrons. The summed E-state index contributed by atoms with van der Waals surface area (Å²) in [4.78, 5) is 8.53. The number of hydrogen-bond acceptors (Lipinski definition) is 4. The minimum atomic E-state index is 0.725. The van der Waals surface area contributed by atoms with Crippen LogP contribution in [0.4, 0.5) is 0 Å². The molecule has 0 atom stereocenters. The van der Waals surface area contributed by atoms with Crippen molar-refractivity contribution in [1.29, 1.82) is 0 Å². The van der Waals surface area contributed by atoms with E-state index in [2.05, 4.69) is 15.3 Å². The molecule has 1 N–H and O–H groups in total. The molecular weight excluding hydrogens is 178 g/mol. The maximum Gasteiger partial charge on any atom is 0.125 e. The smallest absolute Gasteiger partial charge is 0.125 e. The first kappa shape index (κ1) is 11.1. The number of aromatic nitrogens is 2. The van der Waals surface area contributed by atoms with Crippen LogP contribution < -0.4 is 5.32 Å². The van der Waals surface area contributed by atoms with E-state index in [1.54, 1.807) is 7.11 Å². The Morgan fingerprint density at radius 3 is 2.79 bits per heavy atom. The summed E-state index contributed by atoms with van der Waals surface area (Å²) < 4.78 is 4.93. The Labute approximate surface area is 84.7 Å². The van der Waals surface area contributed by atoms with E-state index in [0.717, 1.165) is 36.9 Å². The first-order valence-corrected chi connectivity index (χ1v) is 4.73. The van der Waals surface area contributed by atoms with Crippen LogP contribution in [0.1, 0.15) is 17.2 Å². The highest BCUT2D eigenvalue weighted by atomic mass is 16.5. The summed E-state index contributed by atoms with van der Waals surface area (Å²) in [5.74, 6) is 0.827. The Morgan fingerprint density at radius 2 is 2.14 bits per heavy atom. The van der Waals surface area contributed by atoms with Crippen LogP contribution in [0.25, 0.3) is 0 Å². The average Bonchev–Trinajstić information content (AvgIpc) is 2.11. The van der Waals surface area contributed by atoms with Gasteiger partial charge < -0.3 is 10.1 Å². The lowest BCUT2D eigenvalue weighted by Gasteiger charge is -2.05. The third-order valence-electron chi connectivity index (χ3n) is 1.81. The summed E-state index contributed by atoms with van der Waals surface area (Å²) in [6.07, 6.45) is 0. The summed E-state index contributed by atoms with van der Waals surface area (Å²) >= 11 is 0. The second kappa shape index (κ2) is 5.67. The fourth-order valence-electron chi connectivity index (χ4n) is 1.27. The van der Waals surface area contributed by atoms with E-state index in [0.29, 0.717) is 0 Å². The van der Waals surface area contributed by atoms with Gasteiger partial charge in [0, 0.05) is 25.9 Å². The highest BCUT2D eigenvalue weighted by Gasteiger charge is 1.97. The molecule has 0 fully saturated rings. The predicted octanol–water partition coefficient (Wildman–Crippen LogP) is 0.829. The summed E-state index contributed by atoms with van der Waals surface area (Å²) in [5.41, 5.74) is 2.05. The van der Waals surface area contributed by atoms with Gasteiger partial charge in [-0.15, -0.1) is 0 Å². The topological polar surface area (TPSA) is 47.0 Å². The summed E-state index contributed by atoms with van der Waals surface area (Å²) in [6, 6.07) is 1.99. The second-order valence-electron chi connectivity index (χ2n) is 3.22. The predicted molar refractivity (Wildman–Crippen MR) is 55.1 cm³/mol. The standard InChI is InChI=1S/C10H17N3O/c1-8-6-10(13-9(2)12-8)7-11-4-5-14-3/h6,11H,4-5,7H2,1-3H3. The van der Waals surface area contributed by atoms with Crippen LogP contribution in [0.3, 0.4) is 0 Å². The molecule has 0 unspecified atom stereocenters. The molecule has 0 aliphatic rings. The Hall–Kier alpha value is -1.00. The minimum Gasteiger partial charge on any atom is -0.383 e. The fourth-order valence-corrected chi connectivity index (χ4v) is 1.27. The van der Waals surface area contributed by atoms with Crippen LogP contribution >= 0.6 is 0 Å². The third-order valence-corrected chi connectivity index (χ3v) is 1.81. The summed E-state index contributed by atoms with van der Waals surface area (Å²) in [7, 11) is 1.70. The summed E-state index contributed by atoms with van der Waals surface area (Å²) in [6.45, 7) is 6.23. The SMILES string of the molecule is COCCNCc1cc(C)nc(C)n1. The van der Waals surface area contributed by atoms with Crippen molar-refractivity contribution in [2.45, 2.75) is 20.4 Å². The second-order valence-corrected chi connectivity index (χ2v) is 3.22. The van der Waals surface area contributed by atoms with Crippen LogP contribution in [0, 0.1) is 13.8 Å². The molecule has 1 aromatic heterocycles. The van der Waals surface area contributed by atoms with Crippen molar-refractivity contribution in [1.82, 2.24) is 15.3 Å². The number of rotatable bonds is 5. The Kier molecular flexibility index (Phi) is 4.49. The lowest BCUT2D eigenvalue weighted by molar-refractivity contribution is 0.199. The lowest BCUT2D eigenvalue weighted by atomic mass is 10.3. The highest BCUT2D eigenvalue weighted by molar-refractivity contribution is 5.09. The average molecular weight is 195 g/mol. The van der Waals surface area contributed by atoms with Gasteiger partial charge in [0.2, 0.25) is 0 Å². The van der Waals surface area contributed by atoms with Gasteiger partial charge in [-0.1, -0.05) is 0 Å². The monoisotopic (exact) mass is 195 g/mol. The van der Waals surface area contributed by atoms with E-state index >= 15 is 0 Å². The molecule has 1 heterocycles. The number of nitrogens with zero attached hydrogens (tertiary/aromatic N) is 2. The van der Waals surface area contributed by atoms with Gasteiger partial charge in [0.15, 0.2) is 0 Å². The van der Waals surface area contributed by atoms with Crippen molar-refractivity contribution in [3.63, 3.8) is 0 Å². The molecule has 0 amide bonds. The molecule has 0 saturated carbocycles. The number of ether oxygens (including phenoxy) is 1. The molecule has 4 heteroatoms. The fraction of sp³-hybridized carbons (Fsp3) is 0.600. The lowest BCUT2D eigenvalue weighted by Crippen LogP contribution is -2.19. The first-order valence-electron chi connectivity index (χ1n) is 4.73.